The van der Waals surface area contributed by atoms with Crippen LogP contribution in [0.3, 0.4) is 0 Å². The lowest BCUT2D eigenvalue weighted by molar-refractivity contribution is -0.453. The third-order valence-corrected chi connectivity index (χ3v) is 4.20. The predicted octanol–water partition coefficient (Wildman–Crippen LogP) is 0.933. The van der Waals surface area contributed by atoms with Crippen molar-refractivity contribution in [3.63, 3.8) is 0 Å². The summed E-state index contributed by atoms with van der Waals surface area (Å²) < 4.78 is 1.34. The van der Waals surface area contributed by atoms with Crippen LogP contribution in [0.4, 0.5) is 4.79 Å². The molecule has 1 rings (SSSR count). The number of carbonyl (C=O) groups is 1. The molecule has 0 aromatic rings. The molecule has 1 aliphatic rings. The first kappa shape index (κ1) is 18.1. The molecule has 0 radical (unpaired) electrons. The van der Waals surface area contributed by atoms with E-state index in [9.17, 15) is 15.0 Å². The van der Waals surface area contributed by atoms with Gasteiger partial charge in [-0.2, -0.15) is 4.79 Å². The first-order chi connectivity index (χ1) is 9.92. The molecule has 0 spiro atoms. The Labute approximate surface area is 127 Å². The van der Waals surface area contributed by atoms with Crippen molar-refractivity contribution in [3.05, 3.63) is 0 Å². The molecule has 2 N–H and O–H groups in total. The zero-order valence-electron chi connectivity index (χ0n) is 13.9. The van der Waals surface area contributed by atoms with Gasteiger partial charge < -0.3 is 10.2 Å². The molecule has 21 heavy (non-hydrogen) atoms. The summed E-state index contributed by atoms with van der Waals surface area (Å²) in [5, 5.41) is 19.1. The van der Waals surface area contributed by atoms with E-state index in [4.69, 9.17) is 0 Å². The third-order valence-electron chi connectivity index (χ3n) is 4.20. The molecule has 1 fully saturated rings. The Morgan fingerprint density at radius 3 is 1.71 bits per heavy atom. The molecule has 0 aromatic carbocycles. The Hall–Kier alpha value is -0.980. The van der Waals surface area contributed by atoms with Gasteiger partial charge >= 0.3 is 6.09 Å². The molecule has 0 aromatic heterocycles. The van der Waals surface area contributed by atoms with Gasteiger partial charge in [0.15, 0.2) is 6.54 Å². The molecule has 0 bridgehead atoms. The number of rotatable bonds is 8. The summed E-state index contributed by atoms with van der Waals surface area (Å²) in [5.41, 5.74) is 0.913. The normalized spacial score (nSPS) is 22.8. The van der Waals surface area contributed by atoms with Gasteiger partial charge in [0.1, 0.15) is 18.2 Å². The van der Waals surface area contributed by atoms with Gasteiger partial charge in [-0.3, -0.25) is 9.80 Å². The predicted molar refractivity (Wildman–Crippen MR) is 83.3 cm³/mol. The van der Waals surface area contributed by atoms with Crippen LogP contribution in [0.5, 0.6) is 0 Å². The maximum Gasteiger partial charge on any atom is 0.594 e. The summed E-state index contributed by atoms with van der Waals surface area (Å²) in [6.45, 7) is 13.7. The topological polar surface area (TPSA) is 67.0 Å². The molecule has 122 valence electrons. The van der Waals surface area contributed by atoms with Crippen LogP contribution in [0.1, 0.15) is 34.6 Å². The summed E-state index contributed by atoms with van der Waals surface area (Å²) in [5.74, 6) is 0. The van der Waals surface area contributed by atoms with Crippen LogP contribution >= 0.6 is 0 Å². The summed E-state index contributed by atoms with van der Waals surface area (Å²) in [4.78, 5) is 16.1. The smallest absolute Gasteiger partial charge is 0.427 e. The molecule has 6 heteroatoms. The minimum absolute atomic E-state index is 0.139. The van der Waals surface area contributed by atoms with E-state index in [1.165, 1.54) is 4.58 Å². The Morgan fingerprint density at radius 1 is 1.10 bits per heavy atom. The maximum atomic E-state index is 11.6. The Morgan fingerprint density at radius 2 is 1.48 bits per heavy atom. The molecule has 2 unspecified atom stereocenters. The first-order valence-corrected chi connectivity index (χ1v) is 7.96. The van der Waals surface area contributed by atoms with Crippen molar-refractivity contribution in [2.75, 3.05) is 32.7 Å². The van der Waals surface area contributed by atoms with E-state index in [2.05, 4.69) is 37.5 Å². The minimum Gasteiger partial charge on any atom is -0.427 e. The number of hydrogen-bond donors (Lipinski definition) is 2. The van der Waals surface area contributed by atoms with Crippen LogP contribution < -0.4 is 0 Å². The number of likely N-dealkylation sites (N-methyl/N-ethyl adjacent to an activating group) is 2. The molecular formula is C15H30N3O3+. The van der Waals surface area contributed by atoms with Crippen molar-refractivity contribution >= 4 is 11.8 Å². The fourth-order valence-corrected chi connectivity index (χ4v) is 3.11. The van der Waals surface area contributed by atoms with Crippen LogP contribution in [-0.2, 0) is 0 Å². The second-order valence-electron chi connectivity index (χ2n) is 5.50. The van der Waals surface area contributed by atoms with Crippen molar-refractivity contribution < 1.29 is 19.6 Å². The summed E-state index contributed by atoms with van der Waals surface area (Å²) >= 11 is 0. The lowest BCUT2D eigenvalue weighted by atomic mass is 10.4. The lowest BCUT2D eigenvalue weighted by Gasteiger charge is -2.20. The van der Waals surface area contributed by atoms with Crippen LogP contribution in [0.15, 0.2) is 0 Å². The molecule has 3 atom stereocenters. The molecule has 0 aliphatic heterocycles. The van der Waals surface area contributed by atoms with Crippen LogP contribution in [0.25, 0.3) is 0 Å². The number of nitrogens with zero attached hydrogens (tertiary/aromatic N) is 3. The minimum atomic E-state index is -0.974. The summed E-state index contributed by atoms with van der Waals surface area (Å²) in [6.07, 6.45) is -1.64. The highest BCUT2D eigenvalue weighted by molar-refractivity contribution is 6.09. The van der Waals surface area contributed by atoms with Crippen molar-refractivity contribution in [3.8, 4) is 0 Å². The summed E-state index contributed by atoms with van der Waals surface area (Å²) in [7, 11) is 0. The molecular weight excluding hydrogens is 270 g/mol. The van der Waals surface area contributed by atoms with E-state index < -0.39 is 12.2 Å². The molecule has 0 heterocycles. The number of hydrogen-bond acceptors (Lipinski definition) is 4. The highest BCUT2D eigenvalue weighted by Crippen LogP contribution is 2.30. The van der Waals surface area contributed by atoms with Gasteiger partial charge in [-0.15, -0.1) is 4.58 Å². The van der Waals surface area contributed by atoms with E-state index in [0.717, 1.165) is 31.9 Å². The van der Waals surface area contributed by atoms with E-state index in [1.54, 1.807) is 6.92 Å². The fourth-order valence-electron chi connectivity index (χ4n) is 3.11. The largest absolute Gasteiger partial charge is 0.594 e. The standard InChI is InChI=1S/C15H29N3O3/c1-6-16(7-2)12-13(17(8-3)9-4)14(12)18(15(20)21)10-11(5)19/h11-13,19H,6-10H2,1-5H3/p+1/t11-,12?,13?/m0/s1. The van der Waals surface area contributed by atoms with Gasteiger partial charge in [0.25, 0.3) is 0 Å². The van der Waals surface area contributed by atoms with Gasteiger partial charge in [0, 0.05) is 0 Å². The second-order valence-corrected chi connectivity index (χ2v) is 5.50. The molecule has 0 saturated heterocycles. The van der Waals surface area contributed by atoms with E-state index in [1.807, 2.05) is 0 Å². The van der Waals surface area contributed by atoms with Gasteiger partial charge in [-0.1, -0.05) is 27.7 Å². The van der Waals surface area contributed by atoms with Gasteiger partial charge in [-0.05, 0) is 33.1 Å². The Balaban J connectivity index is 3.17. The van der Waals surface area contributed by atoms with E-state index in [-0.39, 0.29) is 18.6 Å². The zero-order chi connectivity index (χ0) is 16.2. The van der Waals surface area contributed by atoms with E-state index >= 15 is 0 Å². The van der Waals surface area contributed by atoms with Crippen LogP contribution in [-0.4, -0.2) is 87.3 Å². The van der Waals surface area contributed by atoms with Crippen LogP contribution in [0.2, 0.25) is 0 Å². The molecule has 6 nitrogen and oxygen atoms in total. The maximum absolute atomic E-state index is 11.6. The highest BCUT2D eigenvalue weighted by Gasteiger charge is 2.60. The van der Waals surface area contributed by atoms with E-state index in [0.29, 0.717) is 0 Å². The lowest BCUT2D eigenvalue weighted by Crippen LogP contribution is -2.34. The van der Waals surface area contributed by atoms with Crippen molar-refractivity contribution in [1.82, 2.24) is 9.80 Å². The second kappa shape index (κ2) is 7.87. The van der Waals surface area contributed by atoms with Crippen molar-refractivity contribution in [2.45, 2.75) is 52.8 Å². The van der Waals surface area contributed by atoms with Crippen molar-refractivity contribution in [1.29, 1.82) is 0 Å². The monoisotopic (exact) mass is 300 g/mol. The number of carboxylic acid groups (broad SMARTS) is 1. The van der Waals surface area contributed by atoms with Crippen LogP contribution in [0, 0.1) is 0 Å². The Bertz CT molecular complexity index is 368. The summed E-state index contributed by atoms with van der Waals surface area (Å²) in [6, 6.07) is 0.296. The van der Waals surface area contributed by atoms with Gasteiger partial charge in [0.2, 0.25) is 5.71 Å². The Kier molecular flexibility index (Phi) is 6.77. The highest BCUT2D eigenvalue weighted by atomic mass is 16.4. The third kappa shape index (κ3) is 4.02. The van der Waals surface area contributed by atoms with Gasteiger partial charge in [0.05, 0.1) is 0 Å². The van der Waals surface area contributed by atoms with Crippen molar-refractivity contribution in [2.24, 2.45) is 0 Å². The number of amides is 1. The zero-order valence-corrected chi connectivity index (χ0v) is 13.9. The quantitative estimate of drug-likeness (QED) is 0.653. The first-order valence-electron chi connectivity index (χ1n) is 7.96. The molecule has 1 saturated carbocycles. The molecule has 1 aliphatic carbocycles. The van der Waals surface area contributed by atoms with Gasteiger partial charge in [-0.25, -0.2) is 0 Å². The average Bonchev–Trinajstić information content (AvgIpc) is 3.13. The number of aliphatic hydroxyl groups is 1. The SMILES string of the molecule is CCN(CC)C1C(=[N+](C[C@H](C)O)C(=O)O)C1N(CC)CC. The number of aliphatic hydroxyl groups excluding tert-OH is 1. The average molecular weight is 300 g/mol. The fraction of sp³-hybridized carbons (Fsp3) is 0.867. The molecule has 1 amide bonds.